The van der Waals surface area contributed by atoms with E-state index in [9.17, 15) is 13.9 Å². The molecule has 0 radical (unpaired) electrons. The first-order valence-corrected chi connectivity index (χ1v) is 6.48. The van der Waals surface area contributed by atoms with Crippen LogP contribution in [0.15, 0.2) is 48.5 Å². The molecule has 0 aliphatic heterocycles. The Bertz CT molecular complexity index is 539. The monoisotopic (exact) mass is 277 g/mol. The Hall–Kier alpha value is -1.78. The van der Waals surface area contributed by atoms with Gasteiger partial charge in [-0.1, -0.05) is 30.3 Å². The van der Waals surface area contributed by atoms with Crippen molar-refractivity contribution < 1.29 is 13.9 Å². The standard InChI is InChI=1S/C16H17F2NO/c1-11(13-7-14(17)9-15(18)8-13)19-16(10-20)12-5-3-2-4-6-12/h2-9,11,16,19-20H,10H2,1H3/t11?,16-/m1/s1. The van der Waals surface area contributed by atoms with Gasteiger partial charge in [0.2, 0.25) is 0 Å². The Labute approximate surface area is 117 Å². The van der Waals surface area contributed by atoms with Crippen LogP contribution in [0.2, 0.25) is 0 Å². The van der Waals surface area contributed by atoms with E-state index in [1.54, 1.807) is 6.92 Å². The van der Waals surface area contributed by atoms with Gasteiger partial charge in [-0.3, -0.25) is 0 Å². The van der Waals surface area contributed by atoms with E-state index >= 15 is 0 Å². The largest absolute Gasteiger partial charge is 0.394 e. The van der Waals surface area contributed by atoms with Crippen LogP contribution in [0.25, 0.3) is 0 Å². The van der Waals surface area contributed by atoms with Crippen molar-refractivity contribution in [1.29, 1.82) is 0 Å². The molecule has 0 heterocycles. The molecule has 0 spiro atoms. The summed E-state index contributed by atoms with van der Waals surface area (Å²) in [7, 11) is 0. The number of hydrogen-bond donors (Lipinski definition) is 2. The third kappa shape index (κ3) is 3.62. The van der Waals surface area contributed by atoms with Gasteiger partial charge in [0, 0.05) is 12.1 Å². The third-order valence-electron chi connectivity index (χ3n) is 3.22. The molecule has 4 heteroatoms. The minimum Gasteiger partial charge on any atom is -0.394 e. The van der Waals surface area contributed by atoms with Crippen LogP contribution in [0.3, 0.4) is 0 Å². The smallest absolute Gasteiger partial charge is 0.126 e. The summed E-state index contributed by atoms with van der Waals surface area (Å²) in [5.41, 5.74) is 1.44. The number of nitrogens with one attached hydrogen (secondary N) is 1. The van der Waals surface area contributed by atoms with Crippen molar-refractivity contribution in [1.82, 2.24) is 5.32 Å². The molecule has 2 nitrogen and oxygen atoms in total. The van der Waals surface area contributed by atoms with Crippen molar-refractivity contribution in [3.05, 3.63) is 71.3 Å². The fourth-order valence-electron chi connectivity index (χ4n) is 2.16. The SMILES string of the molecule is CC(N[C@H](CO)c1ccccc1)c1cc(F)cc(F)c1. The topological polar surface area (TPSA) is 32.3 Å². The highest BCUT2D eigenvalue weighted by Crippen LogP contribution is 2.21. The first kappa shape index (κ1) is 14.6. The van der Waals surface area contributed by atoms with Gasteiger partial charge >= 0.3 is 0 Å². The van der Waals surface area contributed by atoms with Gasteiger partial charge in [0.25, 0.3) is 0 Å². The van der Waals surface area contributed by atoms with Crippen LogP contribution in [-0.2, 0) is 0 Å². The molecule has 106 valence electrons. The molecular weight excluding hydrogens is 260 g/mol. The summed E-state index contributed by atoms with van der Waals surface area (Å²) in [6, 6.07) is 12.3. The van der Waals surface area contributed by atoms with E-state index < -0.39 is 11.6 Å². The maximum absolute atomic E-state index is 13.2. The molecular formula is C16H17F2NO. The van der Waals surface area contributed by atoms with Gasteiger partial charge in [-0.05, 0) is 30.2 Å². The predicted molar refractivity (Wildman–Crippen MR) is 74.2 cm³/mol. The normalized spacial score (nSPS) is 14.0. The lowest BCUT2D eigenvalue weighted by Gasteiger charge is -2.22. The van der Waals surface area contributed by atoms with Crippen LogP contribution in [0.5, 0.6) is 0 Å². The van der Waals surface area contributed by atoms with Crippen molar-refractivity contribution in [3.63, 3.8) is 0 Å². The molecule has 2 aromatic rings. The number of rotatable bonds is 5. The number of hydrogen-bond acceptors (Lipinski definition) is 2. The second-order valence-corrected chi connectivity index (χ2v) is 4.74. The van der Waals surface area contributed by atoms with Gasteiger partial charge in [-0.15, -0.1) is 0 Å². The van der Waals surface area contributed by atoms with Crippen molar-refractivity contribution in [2.45, 2.75) is 19.0 Å². The second kappa shape index (κ2) is 6.59. The first-order chi connectivity index (χ1) is 9.60. The van der Waals surface area contributed by atoms with Crippen LogP contribution < -0.4 is 5.32 Å². The van der Waals surface area contributed by atoms with Crippen LogP contribution in [0, 0.1) is 11.6 Å². The third-order valence-corrected chi connectivity index (χ3v) is 3.22. The van der Waals surface area contributed by atoms with Gasteiger partial charge in [0.15, 0.2) is 0 Å². The number of benzene rings is 2. The van der Waals surface area contributed by atoms with E-state index in [1.807, 2.05) is 30.3 Å². The van der Waals surface area contributed by atoms with Crippen molar-refractivity contribution >= 4 is 0 Å². The quantitative estimate of drug-likeness (QED) is 0.878. The molecule has 0 fully saturated rings. The molecule has 20 heavy (non-hydrogen) atoms. The first-order valence-electron chi connectivity index (χ1n) is 6.48. The van der Waals surface area contributed by atoms with E-state index in [0.29, 0.717) is 5.56 Å². The Balaban J connectivity index is 2.15. The van der Waals surface area contributed by atoms with Gasteiger partial charge in [-0.2, -0.15) is 0 Å². The summed E-state index contributed by atoms with van der Waals surface area (Å²) in [6.45, 7) is 1.71. The molecule has 2 aromatic carbocycles. The van der Waals surface area contributed by atoms with Crippen molar-refractivity contribution in [3.8, 4) is 0 Å². The summed E-state index contributed by atoms with van der Waals surface area (Å²) in [5.74, 6) is -1.21. The second-order valence-electron chi connectivity index (χ2n) is 4.74. The zero-order chi connectivity index (χ0) is 14.5. The Kier molecular flexibility index (Phi) is 4.82. The lowest BCUT2D eigenvalue weighted by atomic mass is 10.0. The highest BCUT2D eigenvalue weighted by molar-refractivity contribution is 5.23. The fourth-order valence-corrected chi connectivity index (χ4v) is 2.16. The minimum absolute atomic E-state index is 0.0911. The summed E-state index contributed by atoms with van der Waals surface area (Å²) < 4.78 is 26.4. The molecule has 0 amide bonds. The molecule has 2 rings (SSSR count). The van der Waals surface area contributed by atoms with E-state index in [0.717, 1.165) is 11.6 Å². The molecule has 0 saturated carbocycles. The zero-order valence-electron chi connectivity index (χ0n) is 11.2. The molecule has 0 aromatic heterocycles. The zero-order valence-corrected chi connectivity index (χ0v) is 11.2. The van der Waals surface area contributed by atoms with Crippen LogP contribution in [0.4, 0.5) is 8.78 Å². The molecule has 0 bridgehead atoms. The van der Waals surface area contributed by atoms with Crippen LogP contribution >= 0.6 is 0 Å². The molecule has 0 aliphatic carbocycles. The minimum atomic E-state index is -0.603. The van der Waals surface area contributed by atoms with E-state index in [1.165, 1.54) is 12.1 Å². The molecule has 0 saturated heterocycles. The van der Waals surface area contributed by atoms with Gasteiger partial charge < -0.3 is 10.4 Å². The number of aliphatic hydroxyl groups excluding tert-OH is 1. The molecule has 0 aliphatic rings. The summed E-state index contributed by atoms with van der Waals surface area (Å²) >= 11 is 0. The van der Waals surface area contributed by atoms with Gasteiger partial charge in [0.05, 0.1) is 12.6 Å². The van der Waals surface area contributed by atoms with Gasteiger partial charge in [-0.25, -0.2) is 8.78 Å². The Morgan fingerprint density at radius 2 is 1.60 bits per heavy atom. The maximum atomic E-state index is 13.2. The lowest BCUT2D eigenvalue weighted by Crippen LogP contribution is -2.27. The number of halogens is 2. The predicted octanol–water partition coefficient (Wildman–Crippen LogP) is 3.35. The average molecular weight is 277 g/mol. The summed E-state index contributed by atoms with van der Waals surface area (Å²) in [5, 5.41) is 12.6. The molecule has 1 unspecified atom stereocenters. The van der Waals surface area contributed by atoms with Crippen molar-refractivity contribution in [2.75, 3.05) is 6.61 Å². The highest BCUT2D eigenvalue weighted by atomic mass is 19.1. The maximum Gasteiger partial charge on any atom is 0.126 e. The van der Waals surface area contributed by atoms with E-state index in [4.69, 9.17) is 0 Å². The van der Waals surface area contributed by atoms with E-state index in [-0.39, 0.29) is 18.7 Å². The van der Waals surface area contributed by atoms with Crippen LogP contribution in [0.1, 0.15) is 30.1 Å². The van der Waals surface area contributed by atoms with Crippen molar-refractivity contribution in [2.24, 2.45) is 0 Å². The average Bonchev–Trinajstić information content (AvgIpc) is 2.44. The van der Waals surface area contributed by atoms with Crippen LogP contribution in [-0.4, -0.2) is 11.7 Å². The fraction of sp³-hybridized carbons (Fsp3) is 0.250. The Morgan fingerprint density at radius 3 is 2.15 bits per heavy atom. The number of aliphatic hydroxyl groups is 1. The summed E-state index contributed by atoms with van der Waals surface area (Å²) in [6.07, 6.45) is 0. The van der Waals surface area contributed by atoms with Gasteiger partial charge in [0.1, 0.15) is 11.6 Å². The highest BCUT2D eigenvalue weighted by Gasteiger charge is 2.15. The van der Waals surface area contributed by atoms with E-state index in [2.05, 4.69) is 5.32 Å². The molecule has 2 atom stereocenters. The summed E-state index contributed by atoms with van der Waals surface area (Å²) in [4.78, 5) is 0. The lowest BCUT2D eigenvalue weighted by molar-refractivity contribution is 0.235. The molecule has 2 N–H and O–H groups in total. The Morgan fingerprint density at radius 1 is 1.00 bits per heavy atom.